The number of carbonyl (C=O) groups is 2. The predicted molar refractivity (Wildman–Crippen MR) is 91.9 cm³/mol. The van der Waals surface area contributed by atoms with E-state index in [4.69, 9.17) is 5.11 Å². The fraction of sp³-hybridized carbons (Fsp3) is 0.176. The van der Waals surface area contributed by atoms with Crippen molar-refractivity contribution in [2.45, 2.75) is 6.92 Å². The average molecular weight is 382 g/mol. The van der Waals surface area contributed by atoms with E-state index in [0.29, 0.717) is 5.56 Å². The molecule has 10 heteroatoms. The van der Waals surface area contributed by atoms with E-state index in [2.05, 4.69) is 10.6 Å². The molecule has 0 saturated carbocycles. The number of aliphatic hydroxyl groups is 1. The summed E-state index contributed by atoms with van der Waals surface area (Å²) in [7, 11) is 0. The maximum atomic E-state index is 14.2. The lowest BCUT2D eigenvalue weighted by molar-refractivity contribution is 0.0936. The van der Waals surface area contributed by atoms with Crippen molar-refractivity contribution in [3.05, 3.63) is 58.9 Å². The monoisotopic (exact) mass is 382 g/mol. The first kappa shape index (κ1) is 20.0. The molecular formula is C17H17F3N4O3. The third-order valence-electron chi connectivity index (χ3n) is 3.41. The fourth-order valence-corrected chi connectivity index (χ4v) is 2.11. The summed E-state index contributed by atoms with van der Waals surface area (Å²) in [5.74, 6) is -4.31. The number of rotatable bonds is 5. The van der Waals surface area contributed by atoms with Crippen LogP contribution in [-0.4, -0.2) is 30.2 Å². The van der Waals surface area contributed by atoms with Crippen molar-refractivity contribution >= 4 is 23.3 Å². The first-order valence-corrected chi connectivity index (χ1v) is 7.79. The SMILES string of the molecule is Cc1ccc(Nc2c(C(=O)NNC(=O)NCCO)ccc(F)c2F)c(F)c1. The van der Waals surface area contributed by atoms with Gasteiger partial charge in [-0.1, -0.05) is 6.07 Å². The molecule has 0 saturated heterocycles. The van der Waals surface area contributed by atoms with Crippen molar-refractivity contribution in [3.8, 4) is 0 Å². The van der Waals surface area contributed by atoms with Gasteiger partial charge in [-0.25, -0.2) is 23.4 Å². The van der Waals surface area contributed by atoms with Crippen molar-refractivity contribution in [1.82, 2.24) is 16.2 Å². The lowest BCUT2D eigenvalue weighted by atomic mass is 10.1. The standard InChI is InChI=1S/C17H17F3N4O3/c1-9-2-5-13(12(19)8-9)22-15-10(3-4-11(18)14(15)20)16(26)23-24-17(27)21-6-7-25/h2-5,8,22,25H,6-7H2,1H3,(H,23,26)(H2,21,24,27). The normalized spacial score (nSPS) is 10.3. The van der Waals surface area contributed by atoms with E-state index in [-0.39, 0.29) is 24.4 Å². The molecule has 2 rings (SSSR count). The van der Waals surface area contributed by atoms with Crippen LogP contribution in [-0.2, 0) is 0 Å². The van der Waals surface area contributed by atoms with Gasteiger partial charge in [-0.3, -0.25) is 10.2 Å². The molecule has 0 aromatic heterocycles. The number of anilines is 2. The molecule has 144 valence electrons. The topological polar surface area (TPSA) is 102 Å². The van der Waals surface area contributed by atoms with E-state index in [9.17, 15) is 22.8 Å². The molecule has 2 aromatic rings. The Labute approximate surface area is 152 Å². The Morgan fingerprint density at radius 2 is 1.78 bits per heavy atom. The smallest absolute Gasteiger partial charge is 0.333 e. The number of aliphatic hydroxyl groups excluding tert-OH is 1. The van der Waals surface area contributed by atoms with Crippen LogP contribution in [0.5, 0.6) is 0 Å². The Hall–Kier alpha value is -3.27. The lowest BCUT2D eigenvalue weighted by Gasteiger charge is -2.15. The van der Waals surface area contributed by atoms with Gasteiger partial charge in [0.2, 0.25) is 0 Å². The number of urea groups is 1. The summed E-state index contributed by atoms with van der Waals surface area (Å²) in [6.07, 6.45) is 0. The molecule has 3 amide bonds. The van der Waals surface area contributed by atoms with Crippen LogP contribution in [0.2, 0.25) is 0 Å². The molecular weight excluding hydrogens is 365 g/mol. The molecule has 0 aliphatic heterocycles. The number of hydrogen-bond donors (Lipinski definition) is 5. The molecule has 0 atom stereocenters. The van der Waals surface area contributed by atoms with E-state index in [1.807, 2.05) is 10.9 Å². The second kappa shape index (κ2) is 8.90. The Balaban J connectivity index is 2.25. The van der Waals surface area contributed by atoms with Crippen LogP contribution in [0.15, 0.2) is 30.3 Å². The second-order valence-corrected chi connectivity index (χ2v) is 5.45. The van der Waals surface area contributed by atoms with E-state index >= 15 is 0 Å². The summed E-state index contributed by atoms with van der Waals surface area (Å²) in [4.78, 5) is 23.6. The van der Waals surface area contributed by atoms with E-state index in [1.54, 1.807) is 13.0 Å². The van der Waals surface area contributed by atoms with E-state index < -0.39 is 35.1 Å². The van der Waals surface area contributed by atoms with Gasteiger partial charge in [0.1, 0.15) is 5.82 Å². The fourth-order valence-electron chi connectivity index (χ4n) is 2.11. The summed E-state index contributed by atoms with van der Waals surface area (Å²) in [6.45, 7) is 1.30. The van der Waals surface area contributed by atoms with Crippen LogP contribution in [0.4, 0.5) is 29.3 Å². The summed E-state index contributed by atoms with van der Waals surface area (Å²) in [5.41, 5.74) is 3.49. The molecule has 2 aromatic carbocycles. The predicted octanol–water partition coefficient (Wildman–Crippen LogP) is 2.09. The minimum Gasteiger partial charge on any atom is -0.395 e. The van der Waals surface area contributed by atoms with Crippen LogP contribution in [0, 0.1) is 24.4 Å². The molecule has 0 aliphatic carbocycles. The van der Waals surface area contributed by atoms with Crippen LogP contribution < -0.4 is 21.5 Å². The van der Waals surface area contributed by atoms with Gasteiger partial charge in [-0.2, -0.15) is 0 Å². The van der Waals surface area contributed by atoms with Gasteiger partial charge in [-0.05, 0) is 36.8 Å². The van der Waals surface area contributed by atoms with Gasteiger partial charge in [0, 0.05) is 6.54 Å². The van der Waals surface area contributed by atoms with Crippen LogP contribution in [0.25, 0.3) is 0 Å². The largest absolute Gasteiger partial charge is 0.395 e. The molecule has 0 spiro atoms. The van der Waals surface area contributed by atoms with Crippen LogP contribution >= 0.6 is 0 Å². The quantitative estimate of drug-likeness (QED) is 0.511. The van der Waals surface area contributed by atoms with Crippen molar-refractivity contribution in [2.24, 2.45) is 0 Å². The summed E-state index contributed by atoms with van der Waals surface area (Å²) >= 11 is 0. The van der Waals surface area contributed by atoms with E-state index in [0.717, 1.165) is 12.1 Å². The number of carbonyl (C=O) groups excluding carboxylic acids is 2. The molecule has 5 N–H and O–H groups in total. The third-order valence-corrected chi connectivity index (χ3v) is 3.41. The zero-order chi connectivity index (χ0) is 20.0. The maximum Gasteiger partial charge on any atom is 0.333 e. The van der Waals surface area contributed by atoms with Crippen molar-refractivity contribution in [1.29, 1.82) is 0 Å². The number of halogens is 3. The lowest BCUT2D eigenvalue weighted by Crippen LogP contribution is -2.47. The maximum absolute atomic E-state index is 14.2. The number of benzene rings is 2. The number of hydrogen-bond acceptors (Lipinski definition) is 4. The zero-order valence-electron chi connectivity index (χ0n) is 14.2. The molecule has 0 unspecified atom stereocenters. The third kappa shape index (κ3) is 5.11. The summed E-state index contributed by atoms with van der Waals surface area (Å²) in [5, 5.41) is 13.2. The number of hydrazine groups is 1. The molecule has 0 bridgehead atoms. The molecule has 0 radical (unpaired) electrons. The van der Waals surface area contributed by atoms with Crippen LogP contribution in [0.1, 0.15) is 15.9 Å². The number of aryl methyl sites for hydroxylation is 1. The Morgan fingerprint density at radius 1 is 1.04 bits per heavy atom. The highest BCUT2D eigenvalue weighted by Crippen LogP contribution is 2.28. The van der Waals surface area contributed by atoms with Gasteiger partial charge < -0.3 is 15.7 Å². The minimum absolute atomic E-state index is 0.0492. The number of amides is 3. The van der Waals surface area contributed by atoms with Gasteiger partial charge in [0.25, 0.3) is 5.91 Å². The Morgan fingerprint density at radius 3 is 2.44 bits per heavy atom. The highest BCUT2D eigenvalue weighted by atomic mass is 19.2. The molecule has 0 heterocycles. The van der Waals surface area contributed by atoms with Crippen molar-refractivity contribution in [2.75, 3.05) is 18.5 Å². The summed E-state index contributed by atoms with van der Waals surface area (Å²) < 4.78 is 41.8. The minimum atomic E-state index is -1.38. The van der Waals surface area contributed by atoms with Gasteiger partial charge in [0.05, 0.1) is 23.5 Å². The highest BCUT2D eigenvalue weighted by Gasteiger charge is 2.20. The Bertz CT molecular complexity index is 862. The van der Waals surface area contributed by atoms with Crippen LogP contribution in [0.3, 0.4) is 0 Å². The van der Waals surface area contributed by atoms with Crippen molar-refractivity contribution < 1.29 is 27.9 Å². The molecule has 0 aliphatic rings. The molecule has 0 fully saturated rings. The number of nitrogens with one attached hydrogen (secondary N) is 4. The highest BCUT2D eigenvalue weighted by molar-refractivity contribution is 6.01. The second-order valence-electron chi connectivity index (χ2n) is 5.45. The molecule has 7 nitrogen and oxygen atoms in total. The van der Waals surface area contributed by atoms with Crippen molar-refractivity contribution in [3.63, 3.8) is 0 Å². The first-order valence-electron chi connectivity index (χ1n) is 7.79. The van der Waals surface area contributed by atoms with Gasteiger partial charge in [0.15, 0.2) is 11.6 Å². The first-order chi connectivity index (χ1) is 12.8. The average Bonchev–Trinajstić information content (AvgIpc) is 2.63. The van der Waals surface area contributed by atoms with Gasteiger partial charge in [-0.15, -0.1) is 0 Å². The van der Waals surface area contributed by atoms with Gasteiger partial charge >= 0.3 is 6.03 Å². The summed E-state index contributed by atoms with van der Waals surface area (Å²) in [6, 6.07) is 4.94. The van der Waals surface area contributed by atoms with E-state index in [1.165, 1.54) is 12.1 Å². The zero-order valence-corrected chi connectivity index (χ0v) is 14.2. The Kier molecular flexibility index (Phi) is 6.61. The molecule has 27 heavy (non-hydrogen) atoms.